The van der Waals surface area contributed by atoms with Gasteiger partial charge in [-0.1, -0.05) is 111 Å². The summed E-state index contributed by atoms with van der Waals surface area (Å²) in [5.41, 5.74) is 12.7. The topological polar surface area (TPSA) is 9.86 Å². The molecule has 0 bridgehead atoms. The lowest BCUT2D eigenvalue weighted by atomic mass is 9.80. The third-order valence-corrected chi connectivity index (χ3v) is 11.2. The molecular formula is C47H32N2. The molecule has 0 saturated carbocycles. The van der Waals surface area contributed by atoms with Gasteiger partial charge >= 0.3 is 0 Å². The summed E-state index contributed by atoms with van der Waals surface area (Å²) >= 11 is 0. The van der Waals surface area contributed by atoms with Crippen LogP contribution in [0.25, 0.3) is 87.7 Å². The minimum atomic E-state index is -0.143. The number of hydrogen-bond acceptors (Lipinski definition) is 0. The number of benzene rings is 8. The fourth-order valence-corrected chi connectivity index (χ4v) is 9.05. The quantitative estimate of drug-likeness (QED) is 0.181. The van der Waals surface area contributed by atoms with E-state index in [0.717, 1.165) is 0 Å². The standard InChI is InChI=1S/C47H32N2/c1-47(2)41-28-31-26-32(48-42-15-7-3-11-35(42)36-12-4-8-16-43(36)48)21-19-29(31)27-40(41)39-23-20-30-25-33(22-24-34(30)46(39)47)49-44-17-9-5-13-37(44)38-14-6-10-18-45(38)49/h3-28H,1-2H3. The molecule has 0 fully saturated rings. The van der Waals surface area contributed by atoms with Crippen LogP contribution in [0.3, 0.4) is 0 Å². The van der Waals surface area contributed by atoms with Crippen molar-refractivity contribution >= 4 is 65.2 Å². The lowest BCUT2D eigenvalue weighted by Crippen LogP contribution is -2.15. The summed E-state index contributed by atoms with van der Waals surface area (Å²) in [6.45, 7) is 4.81. The molecule has 0 aliphatic heterocycles. The highest BCUT2D eigenvalue weighted by Crippen LogP contribution is 2.52. The van der Waals surface area contributed by atoms with E-state index in [2.05, 4.69) is 181 Å². The number of rotatable bonds is 2. The highest BCUT2D eigenvalue weighted by molar-refractivity contribution is 6.11. The van der Waals surface area contributed by atoms with Crippen molar-refractivity contribution in [2.45, 2.75) is 19.3 Å². The van der Waals surface area contributed by atoms with Gasteiger partial charge in [0.15, 0.2) is 0 Å². The van der Waals surface area contributed by atoms with Gasteiger partial charge in [-0.2, -0.15) is 0 Å². The molecule has 0 unspecified atom stereocenters. The molecule has 2 aromatic heterocycles. The molecule has 8 aromatic carbocycles. The Morgan fingerprint density at radius 1 is 0.367 bits per heavy atom. The van der Waals surface area contributed by atoms with E-state index < -0.39 is 0 Å². The van der Waals surface area contributed by atoms with Gasteiger partial charge < -0.3 is 9.13 Å². The van der Waals surface area contributed by atoms with Crippen molar-refractivity contribution in [3.8, 4) is 22.5 Å². The van der Waals surface area contributed by atoms with Gasteiger partial charge in [0.1, 0.15) is 0 Å². The molecule has 2 nitrogen and oxygen atoms in total. The number of para-hydroxylation sites is 4. The molecule has 1 aliphatic rings. The maximum absolute atomic E-state index is 2.46. The predicted molar refractivity (Wildman–Crippen MR) is 208 cm³/mol. The van der Waals surface area contributed by atoms with Crippen LogP contribution < -0.4 is 0 Å². The zero-order chi connectivity index (χ0) is 32.4. The van der Waals surface area contributed by atoms with Crippen molar-refractivity contribution in [2.24, 2.45) is 0 Å². The molecule has 0 N–H and O–H groups in total. The molecule has 230 valence electrons. The van der Waals surface area contributed by atoms with Crippen molar-refractivity contribution in [3.05, 3.63) is 169 Å². The molecule has 2 heteroatoms. The van der Waals surface area contributed by atoms with Crippen LogP contribution in [-0.4, -0.2) is 9.13 Å². The molecule has 49 heavy (non-hydrogen) atoms. The van der Waals surface area contributed by atoms with Crippen molar-refractivity contribution in [1.29, 1.82) is 0 Å². The van der Waals surface area contributed by atoms with Gasteiger partial charge in [-0.25, -0.2) is 0 Å². The van der Waals surface area contributed by atoms with E-state index in [1.807, 2.05) is 0 Å². The highest BCUT2D eigenvalue weighted by Gasteiger charge is 2.37. The molecule has 0 spiro atoms. The second kappa shape index (κ2) is 9.49. The minimum Gasteiger partial charge on any atom is -0.309 e. The largest absolute Gasteiger partial charge is 0.309 e. The molecule has 0 radical (unpaired) electrons. The van der Waals surface area contributed by atoms with Crippen molar-refractivity contribution in [2.75, 3.05) is 0 Å². The van der Waals surface area contributed by atoms with Crippen molar-refractivity contribution in [3.63, 3.8) is 0 Å². The number of fused-ring (bicyclic) bond motifs is 12. The first kappa shape index (κ1) is 26.9. The van der Waals surface area contributed by atoms with E-state index in [1.54, 1.807) is 0 Å². The van der Waals surface area contributed by atoms with E-state index in [4.69, 9.17) is 0 Å². The number of nitrogens with zero attached hydrogens (tertiary/aromatic N) is 2. The SMILES string of the molecule is CC1(C)c2cc3cc(-n4c5ccccc5c5ccccc54)ccc3cc2-c2ccc3cc(-n4c5ccccc5c5ccccc54)ccc3c21. The summed E-state index contributed by atoms with van der Waals surface area (Å²) in [5.74, 6) is 0. The molecule has 2 heterocycles. The summed E-state index contributed by atoms with van der Waals surface area (Å²) in [6, 6.07) is 58.6. The predicted octanol–water partition coefficient (Wildman–Crippen LogP) is 12.5. The second-order valence-electron chi connectivity index (χ2n) is 14.2. The minimum absolute atomic E-state index is 0.143. The normalized spacial score (nSPS) is 13.7. The zero-order valence-electron chi connectivity index (χ0n) is 27.4. The van der Waals surface area contributed by atoms with E-state index in [1.165, 1.54) is 98.8 Å². The van der Waals surface area contributed by atoms with E-state index in [9.17, 15) is 0 Å². The highest BCUT2D eigenvalue weighted by atomic mass is 15.0. The molecule has 1 aliphatic carbocycles. The Morgan fingerprint density at radius 2 is 0.837 bits per heavy atom. The first-order chi connectivity index (χ1) is 24.1. The molecule has 11 rings (SSSR count). The van der Waals surface area contributed by atoms with Crippen LogP contribution in [0.4, 0.5) is 0 Å². The molecule has 0 amide bonds. The molecule has 0 atom stereocenters. The number of aromatic nitrogens is 2. The Hall–Kier alpha value is -6.12. The van der Waals surface area contributed by atoms with Crippen LogP contribution in [0.1, 0.15) is 25.0 Å². The Morgan fingerprint density at radius 3 is 1.39 bits per heavy atom. The first-order valence-corrected chi connectivity index (χ1v) is 17.2. The third-order valence-electron chi connectivity index (χ3n) is 11.2. The van der Waals surface area contributed by atoms with Gasteiger partial charge in [-0.15, -0.1) is 0 Å². The van der Waals surface area contributed by atoms with Crippen LogP contribution in [0.5, 0.6) is 0 Å². The van der Waals surface area contributed by atoms with Gasteiger partial charge in [-0.3, -0.25) is 0 Å². The summed E-state index contributed by atoms with van der Waals surface area (Å²) in [5, 5.41) is 10.3. The second-order valence-corrected chi connectivity index (χ2v) is 14.2. The molecule has 0 saturated heterocycles. The van der Waals surface area contributed by atoms with Gasteiger partial charge in [0.25, 0.3) is 0 Å². The van der Waals surface area contributed by atoms with Gasteiger partial charge in [0, 0.05) is 38.3 Å². The zero-order valence-corrected chi connectivity index (χ0v) is 27.4. The van der Waals surface area contributed by atoms with Crippen molar-refractivity contribution in [1.82, 2.24) is 9.13 Å². The van der Waals surface area contributed by atoms with Crippen LogP contribution in [0.2, 0.25) is 0 Å². The summed E-state index contributed by atoms with van der Waals surface area (Å²) in [4.78, 5) is 0. The van der Waals surface area contributed by atoms with Gasteiger partial charge in [0.05, 0.1) is 22.1 Å². The van der Waals surface area contributed by atoms with Crippen LogP contribution in [0, 0.1) is 0 Å². The van der Waals surface area contributed by atoms with Gasteiger partial charge in [0.2, 0.25) is 0 Å². The van der Waals surface area contributed by atoms with Crippen LogP contribution in [0.15, 0.2) is 158 Å². The summed E-state index contributed by atoms with van der Waals surface area (Å²) in [6.07, 6.45) is 0. The number of hydrogen-bond donors (Lipinski definition) is 0. The maximum atomic E-state index is 2.46. The average Bonchev–Trinajstić information content (AvgIpc) is 3.74. The lowest BCUT2D eigenvalue weighted by molar-refractivity contribution is 0.667. The third kappa shape index (κ3) is 3.55. The first-order valence-electron chi connectivity index (χ1n) is 17.2. The smallest absolute Gasteiger partial charge is 0.0541 e. The van der Waals surface area contributed by atoms with E-state index >= 15 is 0 Å². The fourth-order valence-electron chi connectivity index (χ4n) is 9.05. The summed E-state index contributed by atoms with van der Waals surface area (Å²) in [7, 11) is 0. The Bertz CT molecular complexity index is 2920. The average molecular weight is 625 g/mol. The maximum Gasteiger partial charge on any atom is 0.0541 e. The van der Waals surface area contributed by atoms with Gasteiger partial charge in [-0.05, 0) is 104 Å². The van der Waals surface area contributed by atoms with Crippen molar-refractivity contribution < 1.29 is 0 Å². The van der Waals surface area contributed by atoms with Crippen LogP contribution in [-0.2, 0) is 5.41 Å². The van der Waals surface area contributed by atoms with E-state index in [0.29, 0.717) is 0 Å². The molecule has 10 aromatic rings. The Balaban J connectivity index is 1.08. The van der Waals surface area contributed by atoms with E-state index in [-0.39, 0.29) is 5.41 Å². The lowest BCUT2D eigenvalue weighted by Gasteiger charge is -2.24. The monoisotopic (exact) mass is 624 g/mol. The Kier molecular flexibility index (Phi) is 5.21. The molecular weight excluding hydrogens is 593 g/mol. The van der Waals surface area contributed by atoms with Crippen LogP contribution >= 0.6 is 0 Å². The summed E-state index contributed by atoms with van der Waals surface area (Å²) < 4.78 is 4.83. The Labute approximate surface area is 284 Å². The fraction of sp³-hybridized carbons (Fsp3) is 0.0638.